The minimum atomic E-state index is -2.69. The van der Waals surface area contributed by atoms with Gasteiger partial charge in [-0.15, -0.1) is 0 Å². The summed E-state index contributed by atoms with van der Waals surface area (Å²) in [6, 6.07) is 10.4. The molecule has 2 aromatic carbocycles. The van der Waals surface area contributed by atoms with Gasteiger partial charge in [0.2, 0.25) is 0 Å². The summed E-state index contributed by atoms with van der Waals surface area (Å²) < 4.78 is 50.5. The summed E-state index contributed by atoms with van der Waals surface area (Å²) in [6.45, 7) is -0.592. The summed E-state index contributed by atoms with van der Waals surface area (Å²) in [7, 11) is 2.06. The lowest BCUT2D eigenvalue weighted by molar-refractivity contribution is -0.0770. The Kier molecular flexibility index (Phi) is 4.35. The van der Waals surface area contributed by atoms with Crippen LogP contribution in [-0.4, -0.2) is 34.6 Å². The van der Waals surface area contributed by atoms with Crippen molar-refractivity contribution in [3.8, 4) is 11.1 Å². The second-order valence-corrected chi connectivity index (χ2v) is 8.85. The number of nitrogens with zero attached hydrogens (tertiary/aromatic N) is 3. The Morgan fingerprint density at radius 3 is 2.59 bits per heavy atom. The van der Waals surface area contributed by atoms with Crippen molar-refractivity contribution in [3.05, 3.63) is 65.7 Å². The monoisotopic (exact) mass is 437 g/mol. The number of aromatic nitrogens is 2. The number of hydrogen-bond donors (Lipinski definition) is 0. The zero-order valence-corrected chi connectivity index (χ0v) is 17.6. The molecule has 0 bridgehead atoms. The van der Waals surface area contributed by atoms with Gasteiger partial charge in [-0.25, -0.2) is 4.39 Å². The fourth-order valence-corrected chi connectivity index (χ4v) is 5.40. The number of likely N-dealkylation sites (tertiary alicyclic amines) is 1. The van der Waals surface area contributed by atoms with E-state index in [9.17, 15) is 8.78 Å². The molecule has 0 atom stereocenters. The zero-order valence-electron chi connectivity index (χ0n) is 17.6. The molecule has 0 saturated carbocycles. The van der Waals surface area contributed by atoms with Crippen LogP contribution in [0.3, 0.4) is 0 Å². The molecule has 2 aromatic heterocycles. The van der Waals surface area contributed by atoms with Crippen LogP contribution < -0.4 is 0 Å². The zero-order chi connectivity index (χ0) is 22.0. The van der Waals surface area contributed by atoms with E-state index in [2.05, 4.69) is 16.9 Å². The van der Waals surface area contributed by atoms with Crippen molar-refractivity contribution in [2.45, 2.75) is 31.6 Å². The Labute approximate surface area is 183 Å². The quantitative estimate of drug-likeness (QED) is 0.395. The minimum absolute atomic E-state index is 0.279. The van der Waals surface area contributed by atoms with Gasteiger partial charge in [-0.2, -0.15) is 8.78 Å². The Bertz CT molecular complexity index is 1360. The number of alkyl halides is 2. The van der Waals surface area contributed by atoms with E-state index in [1.807, 2.05) is 18.2 Å². The molecular weight excluding hydrogens is 415 g/mol. The fraction of sp³-hybridized carbons (Fsp3) is 0.320. The van der Waals surface area contributed by atoms with Crippen molar-refractivity contribution in [1.29, 1.82) is 0 Å². The van der Waals surface area contributed by atoms with Crippen LogP contribution in [0.2, 0.25) is 0 Å². The second-order valence-electron chi connectivity index (χ2n) is 8.85. The van der Waals surface area contributed by atoms with Gasteiger partial charge in [0.25, 0.3) is 0 Å². The Morgan fingerprint density at radius 1 is 1.00 bits per heavy atom. The van der Waals surface area contributed by atoms with Crippen molar-refractivity contribution in [2.24, 2.45) is 0 Å². The third-order valence-corrected chi connectivity index (χ3v) is 7.06. The molecule has 1 spiro atoms. The van der Waals surface area contributed by atoms with Gasteiger partial charge < -0.3 is 9.64 Å². The van der Waals surface area contributed by atoms with Crippen molar-refractivity contribution in [3.63, 3.8) is 0 Å². The van der Waals surface area contributed by atoms with Gasteiger partial charge in [0.15, 0.2) is 0 Å². The van der Waals surface area contributed by atoms with Gasteiger partial charge in [0.05, 0.1) is 23.2 Å². The van der Waals surface area contributed by atoms with Crippen LogP contribution in [0.5, 0.6) is 0 Å². The van der Waals surface area contributed by atoms with Gasteiger partial charge in [-0.05, 0) is 60.8 Å². The normalized spacial score (nSPS) is 18.3. The molecule has 0 unspecified atom stereocenters. The summed E-state index contributed by atoms with van der Waals surface area (Å²) in [4.78, 5) is 6.32. The molecule has 1 saturated heterocycles. The highest BCUT2D eigenvalue weighted by Gasteiger charge is 2.44. The first-order valence-corrected chi connectivity index (χ1v) is 10.8. The molecule has 4 nitrogen and oxygen atoms in total. The molecule has 7 heteroatoms. The van der Waals surface area contributed by atoms with E-state index < -0.39 is 12.2 Å². The Morgan fingerprint density at radius 2 is 1.81 bits per heavy atom. The predicted molar refractivity (Wildman–Crippen MR) is 117 cm³/mol. The van der Waals surface area contributed by atoms with E-state index >= 15 is 4.39 Å². The van der Waals surface area contributed by atoms with E-state index in [0.29, 0.717) is 45.1 Å². The summed E-state index contributed by atoms with van der Waals surface area (Å²) >= 11 is 0. The molecule has 4 heterocycles. The summed E-state index contributed by atoms with van der Waals surface area (Å²) in [6.07, 6.45) is 4.64. The molecule has 32 heavy (non-hydrogen) atoms. The first-order valence-electron chi connectivity index (χ1n) is 10.8. The van der Waals surface area contributed by atoms with E-state index in [1.54, 1.807) is 18.3 Å². The molecular formula is C25H22F3N3O. The number of ether oxygens (including phenoxy) is 1. The topological polar surface area (TPSA) is 30.3 Å². The highest BCUT2D eigenvalue weighted by atomic mass is 19.3. The van der Waals surface area contributed by atoms with Crippen molar-refractivity contribution >= 4 is 21.8 Å². The summed E-state index contributed by atoms with van der Waals surface area (Å²) in [5.74, 6) is -0.279. The molecule has 1 fully saturated rings. The highest BCUT2D eigenvalue weighted by Crippen LogP contribution is 2.46. The first-order chi connectivity index (χ1) is 15.5. The Hall–Kier alpha value is -2.90. The Balaban J connectivity index is 1.48. The van der Waals surface area contributed by atoms with Crippen LogP contribution in [0.25, 0.3) is 32.9 Å². The molecule has 2 aliphatic rings. The number of fused-ring (bicyclic) bond motifs is 5. The average Bonchev–Trinajstić information content (AvgIpc) is 3.32. The maximum Gasteiger partial charge on any atom is 0.319 e. The van der Waals surface area contributed by atoms with E-state index in [0.717, 1.165) is 36.1 Å². The molecule has 0 N–H and O–H groups in total. The van der Waals surface area contributed by atoms with Crippen molar-refractivity contribution < 1.29 is 17.9 Å². The average molecular weight is 437 g/mol. The van der Waals surface area contributed by atoms with E-state index in [4.69, 9.17) is 4.74 Å². The minimum Gasteiger partial charge on any atom is -0.365 e. The van der Waals surface area contributed by atoms with Crippen LogP contribution >= 0.6 is 0 Å². The molecule has 164 valence electrons. The van der Waals surface area contributed by atoms with E-state index in [-0.39, 0.29) is 5.82 Å². The smallest absolute Gasteiger partial charge is 0.319 e. The standard InChI is InChI=1S/C25H22F3N3O/c1-30-8-5-25(6-9-30)23-17(14-32-25)10-16(11-20(23)26)15-2-3-18-19-13-29-7-4-21(19)31(24(27)28)22(18)12-15/h2-4,7,10-13,24H,5-6,8-9,14H2,1H3. The van der Waals surface area contributed by atoms with Crippen LogP contribution in [0.15, 0.2) is 48.8 Å². The van der Waals surface area contributed by atoms with Gasteiger partial charge in [0.1, 0.15) is 5.82 Å². The van der Waals surface area contributed by atoms with Crippen LogP contribution in [0, 0.1) is 5.82 Å². The predicted octanol–water partition coefficient (Wildman–Crippen LogP) is 5.84. The molecule has 6 rings (SSSR count). The number of hydrogen-bond acceptors (Lipinski definition) is 3. The molecule has 2 aliphatic heterocycles. The fourth-order valence-electron chi connectivity index (χ4n) is 5.40. The lowest BCUT2D eigenvalue weighted by Gasteiger charge is -2.37. The van der Waals surface area contributed by atoms with Gasteiger partial charge in [-0.1, -0.05) is 12.1 Å². The van der Waals surface area contributed by atoms with Crippen molar-refractivity contribution in [2.75, 3.05) is 20.1 Å². The molecule has 0 amide bonds. The second kappa shape index (κ2) is 7.05. The number of halogens is 3. The first kappa shape index (κ1) is 19.8. The summed E-state index contributed by atoms with van der Waals surface area (Å²) in [5, 5.41) is 1.37. The molecule has 4 aromatic rings. The van der Waals surface area contributed by atoms with Crippen molar-refractivity contribution in [1.82, 2.24) is 14.5 Å². The lowest BCUT2D eigenvalue weighted by atomic mass is 9.82. The summed E-state index contributed by atoms with van der Waals surface area (Å²) in [5.41, 5.74) is 3.17. The number of piperidine rings is 1. The number of benzene rings is 2. The van der Waals surface area contributed by atoms with Gasteiger partial charge >= 0.3 is 6.55 Å². The maximum atomic E-state index is 15.4. The molecule has 0 aliphatic carbocycles. The number of rotatable bonds is 2. The third kappa shape index (κ3) is 2.81. The third-order valence-electron chi connectivity index (χ3n) is 7.06. The highest BCUT2D eigenvalue weighted by molar-refractivity contribution is 6.08. The van der Waals surface area contributed by atoms with Crippen LogP contribution in [0.4, 0.5) is 13.2 Å². The van der Waals surface area contributed by atoms with E-state index in [1.165, 1.54) is 12.3 Å². The lowest BCUT2D eigenvalue weighted by Crippen LogP contribution is -2.41. The van der Waals surface area contributed by atoms with Crippen LogP contribution in [-0.2, 0) is 16.9 Å². The maximum absolute atomic E-state index is 15.4. The van der Waals surface area contributed by atoms with Gasteiger partial charge in [0, 0.05) is 41.8 Å². The largest absolute Gasteiger partial charge is 0.365 e. The van der Waals surface area contributed by atoms with Crippen LogP contribution in [0.1, 0.15) is 30.5 Å². The SMILES string of the molecule is CN1CCC2(CC1)OCc1cc(-c3ccc4c5cnccc5n(C(F)F)c4c3)cc(F)c12. The molecule has 0 radical (unpaired) electrons. The number of pyridine rings is 1. The van der Waals surface area contributed by atoms with Gasteiger partial charge in [-0.3, -0.25) is 9.55 Å².